The van der Waals surface area contributed by atoms with Gasteiger partial charge in [-0.3, -0.25) is 0 Å². The Morgan fingerprint density at radius 3 is 2.31 bits per heavy atom. The lowest BCUT2D eigenvalue weighted by atomic mass is 9.79. The minimum Gasteiger partial charge on any atom is -0.380 e. The summed E-state index contributed by atoms with van der Waals surface area (Å²) in [5.41, 5.74) is 0. The van der Waals surface area contributed by atoms with Gasteiger partial charge in [0.25, 0.3) is 0 Å². The molecule has 96 valence electrons. The first-order valence-electron chi connectivity index (χ1n) is 6.94. The fraction of sp³-hybridized carbons (Fsp3) is 1.00. The topological polar surface area (TPSA) is 21.3 Å². The van der Waals surface area contributed by atoms with E-state index in [0.29, 0.717) is 18.1 Å². The number of nitrogens with one attached hydrogen (secondary N) is 1. The molecule has 2 heteroatoms. The largest absolute Gasteiger partial charge is 0.380 e. The molecular formula is C14H29NO. The average molecular weight is 227 g/mol. The molecule has 1 rings (SSSR count). The third-order valence-electron chi connectivity index (χ3n) is 4.33. The van der Waals surface area contributed by atoms with Crippen molar-refractivity contribution in [2.75, 3.05) is 14.2 Å². The molecule has 0 aromatic rings. The Kier molecular flexibility index (Phi) is 6.37. The van der Waals surface area contributed by atoms with Crippen LogP contribution in [0, 0.1) is 11.8 Å². The molecule has 3 unspecified atom stereocenters. The van der Waals surface area contributed by atoms with Gasteiger partial charge in [-0.1, -0.05) is 39.5 Å². The molecule has 1 aliphatic rings. The summed E-state index contributed by atoms with van der Waals surface area (Å²) in [6, 6.07) is 0.512. The van der Waals surface area contributed by atoms with E-state index >= 15 is 0 Å². The lowest BCUT2D eigenvalue weighted by Crippen LogP contribution is -2.47. The van der Waals surface area contributed by atoms with Gasteiger partial charge in [-0.25, -0.2) is 0 Å². The van der Waals surface area contributed by atoms with E-state index in [1.54, 1.807) is 0 Å². The molecule has 0 spiro atoms. The van der Waals surface area contributed by atoms with Crippen molar-refractivity contribution in [2.24, 2.45) is 11.8 Å². The van der Waals surface area contributed by atoms with E-state index in [9.17, 15) is 0 Å². The Morgan fingerprint density at radius 2 is 1.88 bits per heavy atom. The maximum Gasteiger partial charge on any atom is 0.0754 e. The molecule has 0 radical (unpaired) electrons. The minimum absolute atomic E-state index is 0.403. The van der Waals surface area contributed by atoms with Crippen LogP contribution in [-0.2, 0) is 4.74 Å². The summed E-state index contributed by atoms with van der Waals surface area (Å²) >= 11 is 0. The second kappa shape index (κ2) is 7.29. The first-order valence-corrected chi connectivity index (χ1v) is 6.94. The number of likely N-dealkylation sites (N-methyl/N-ethyl adjacent to an activating group) is 1. The molecule has 0 aromatic carbocycles. The van der Waals surface area contributed by atoms with E-state index in [0.717, 1.165) is 5.92 Å². The van der Waals surface area contributed by atoms with Gasteiger partial charge in [0.05, 0.1) is 6.10 Å². The first-order chi connectivity index (χ1) is 7.74. The summed E-state index contributed by atoms with van der Waals surface area (Å²) < 4.78 is 5.80. The summed E-state index contributed by atoms with van der Waals surface area (Å²) in [7, 11) is 3.96. The third-order valence-corrected chi connectivity index (χ3v) is 4.33. The van der Waals surface area contributed by atoms with Gasteiger partial charge in [-0.2, -0.15) is 0 Å². The normalized spacial score (nSPS) is 24.0. The van der Waals surface area contributed by atoms with Crippen molar-refractivity contribution in [1.82, 2.24) is 5.32 Å². The molecule has 1 fully saturated rings. The Bertz CT molecular complexity index is 178. The molecule has 0 amide bonds. The lowest BCUT2D eigenvalue weighted by molar-refractivity contribution is -0.00409. The highest BCUT2D eigenvalue weighted by Gasteiger charge is 2.32. The highest BCUT2D eigenvalue weighted by molar-refractivity contribution is 4.86. The molecule has 0 aromatic heterocycles. The number of hydrogen-bond donors (Lipinski definition) is 1. The van der Waals surface area contributed by atoms with Crippen molar-refractivity contribution in [3.8, 4) is 0 Å². The number of hydrogen-bond acceptors (Lipinski definition) is 2. The summed E-state index contributed by atoms with van der Waals surface area (Å²) in [4.78, 5) is 0. The molecule has 1 aliphatic carbocycles. The van der Waals surface area contributed by atoms with Crippen LogP contribution in [0.25, 0.3) is 0 Å². The van der Waals surface area contributed by atoms with E-state index in [4.69, 9.17) is 4.74 Å². The van der Waals surface area contributed by atoms with Gasteiger partial charge in [-0.05, 0) is 31.7 Å². The van der Waals surface area contributed by atoms with Crippen molar-refractivity contribution in [1.29, 1.82) is 0 Å². The van der Waals surface area contributed by atoms with Gasteiger partial charge in [-0.15, -0.1) is 0 Å². The van der Waals surface area contributed by atoms with E-state index < -0.39 is 0 Å². The van der Waals surface area contributed by atoms with Crippen LogP contribution in [0.4, 0.5) is 0 Å². The Balaban J connectivity index is 2.61. The van der Waals surface area contributed by atoms with E-state index in [-0.39, 0.29) is 0 Å². The number of methoxy groups -OCH3 is 1. The zero-order valence-electron chi connectivity index (χ0n) is 11.5. The van der Waals surface area contributed by atoms with Crippen LogP contribution >= 0.6 is 0 Å². The zero-order chi connectivity index (χ0) is 12.0. The highest BCUT2D eigenvalue weighted by atomic mass is 16.5. The van der Waals surface area contributed by atoms with Crippen LogP contribution in [0.2, 0.25) is 0 Å². The highest BCUT2D eigenvalue weighted by Crippen LogP contribution is 2.31. The summed E-state index contributed by atoms with van der Waals surface area (Å²) in [6.45, 7) is 4.60. The van der Waals surface area contributed by atoms with Gasteiger partial charge in [0.1, 0.15) is 0 Å². The zero-order valence-corrected chi connectivity index (χ0v) is 11.5. The van der Waals surface area contributed by atoms with Crippen molar-refractivity contribution in [3.63, 3.8) is 0 Å². The van der Waals surface area contributed by atoms with Crippen LogP contribution < -0.4 is 5.32 Å². The number of ether oxygens (including phenoxy) is 1. The maximum absolute atomic E-state index is 5.80. The average Bonchev–Trinajstić information content (AvgIpc) is 2.36. The molecule has 0 bridgehead atoms. The second-order valence-corrected chi connectivity index (χ2v) is 5.30. The molecule has 0 aliphatic heterocycles. The SMILES string of the molecule is CCC(C)C(NC)C(OC)C1CCCCC1. The summed E-state index contributed by atoms with van der Waals surface area (Å²) in [5.74, 6) is 1.46. The molecular weight excluding hydrogens is 198 g/mol. The number of rotatable bonds is 6. The molecule has 2 nitrogen and oxygen atoms in total. The van der Waals surface area contributed by atoms with Crippen LogP contribution in [0.1, 0.15) is 52.4 Å². The Labute approximate surface area is 101 Å². The van der Waals surface area contributed by atoms with E-state index in [1.807, 2.05) is 7.11 Å². The molecule has 3 atom stereocenters. The van der Waals surface area contributed by atoms with E-state index in [2.05, 4.69) is 26.2 Å². The fourth-order valence-electron chi connectivity index (χ4n) is 3.12. The molecule has 0 saturated heterocycles. The lowest BCUT2D eigenvalue weighted by Gasteiger charge is -2.37. The van der Waals surface area contributed by atoms with E-state index in [1.165, 1.54) is 38.5 Å². The van der Waals surface area contributed by atoms with Crippen molar-refractivity contribution < 1.29 is 4.74 Å². The smallest absolute Gasteiger partial charge is 0.0754 e. The van der Waals surface area contributed by atoms with Gasteiger partial charge in [0.15, 0.2) is 0 Å². The third kappa shape index (κ3) is 3.46. The van der Waals surface area contributed by atoms with Gasteiger partial charge >= 0.3 is 0 Å². The fourth-order valence-corrected chi connectivity index (χ4v) is 3.12. The molecule has 1 saturated carbocycles. The van der Waals surface area contributed by atoms with Crippen LogP contribution in [-0.4, -0.2) is 26.3 Å². The first kappa shape index (κ1) is 14.0. The Morgan fingerprint density at radius 1 is 1.25 bits per heavy atom. The second-order valence-electron chi connectivity index (χ2n) is 5.30. The predicted molar refractivity (Wildman–Crippen MR) is 69.7 cm³/mol. The summed E-state index contributed by atoms with van der Waals surface area (Å²) in [5, 5.41) is 3.48. The van der Waals surface area contributed by atoms with Crippen LogP contribution in [0.15, 0.2) is 0 Å². The van der Waals surface area contributed by atoms with Crippen molar-refractivity contribution in [3.05, 3.63) is 0 Å². The predicted octanol–water partition coefficient (Wildman–Crippen LogP) is 3.22. The maximum atomic E-state index is 5.80. The van der Waals surface area contributed by atoms with Crippen molar-refractivity contribution >= 4 is 0 Å². The van der Waals surface area contributed by atoms with Crippen molar-refractivity contribution in [2.45, 2.75) is 64.5 Å². The van der Waals surface area contributed by atoms with Gasteiger partial charge < -0.3 is 10.1 Å². The quantitative estimate of drug-likeness (QED) is 0.752. The standard InChI is InChI=1S/C14H29NO/c1-5-11(2)13(15-3)14(16-4)12-9-7-6-8-10-12/h11-15H,5-10H2,1-4H3. The molecule has 1 N–H and O–H groups in total. The monoisotopic (exact) mass is 227 g/mol. The Hall–Kier alpha value is -0.0800. The van der Waals surface area contributed by atoms with Gasteiger partial charge in [0.2, 0.25) is 0 Å². The molecule has 0 heterocycles. The van der Waals surface area contributed by atoms with Gasteiger partial charge in [0, 0.05) is 13.2 Å². The minimum atomic E-state index is 0.403. The van der Waals surface area contributed by atoms with Crippen LogP contribution in [0.5, 0.6) is 0 Å². The molecule has 16 heavy (non-hydrogen) atoms. The summed E-state index contributed by atoms with van der Waals surface area (Å²) in [6.07, 6.45) is 8.53. The van der Waals surface area contributed by atoms with Crippen LogP contribution in [0.3, 0.4) is 0 Å².